The highest BCUT2D eigenvalue weighted by molar-refractivity contribution is 6.32. The van der Waals surface area contributed by atoms with Crippen LogP contribution in [0.25, 0.3) is 0 Å². The number of aromatic nitrogens is 2. The van der Waals surface area contributed by atoms with E-state index in [9.17, 15) is 4.79 Å². The summed E-state index contributed by atoms with van der Waals surface area (Å²) >= 11 is 6.54. The van der Waals surface area contributed by atoms with E-state index in [1.165, 1.54) is 11.3 Å². The van der Waals surface area contributed by atoms with Gasteiger partial charge in [-0.2, -0.15) is 0 Å². The number of nitrogens with one attached hydrogen (secondary N) is 1. The average Bonchev–Trinajstić information content (AvgIpc) is 3.32. The SMILES string of the molecule is Cn1cncc1CN1CCC(Oc2ccc(C(=O)NC3CCN(Cc4ccccc4)CC3)cc2Cl)CC1. The molecule has 2 aromatic carbocycles. The van der Waals surface area contributed by atoms with Crippen molar-refractivity contribution in [1.82, 2.24) is 24.7 Å². The van der Waals surface area contributed by atoms with Crippen LogP contribution in [0.5, 0.6) is 5.75 Å². The summed E-state index contributed by atoms with van der Waals surface area (Å²) in [7, 11) is 2.03. The van der Waals surface area contributed by atoms with E-state index in [0.717, 1.165) is 65.0 Å². The minimum Gasteiger partial charge on any atom is -0.489 e. The molecule has 0 radical (unpaired) electrons. The van der Waals surface area contributed by atoms with Gasteiger partial charge in [-0.05, 0) is 49.4 Å². The lowest BCUT2D eigenvalue weighted by atomic mass is 10.0. The Kier molecular flexibility index (Phi) is 8.44. The first-order chi connectivity index (χ1) is 18.0. The molecule has 0 aliphatic carbocycles. The minimum atomic E-state index is -0.0709. The molecule has 0 unspecified atom stereocenters. The third kappa shape index (κ3) is 6.92. The minimum absolute atomic E-state index is 0.0709. The molecule has 2 aliphatic heterocycles. The van der Waals surface area contributed by atoms with Crippen LogP contribution >= 0.6 is 11.6 Å². The molecule has 1 N–H and O–H groups in total. The highest BCUT2D eigenvalue weighted by atomic mass is 35.5. The third-order valence-electron chi connectivity index (χ3n) is 7.50. The molecule has 0 bridgehead atoms. The number of ether oxygens (including phenoxy) is 1. The van der Waals surface area contributed by atoms with Crippen molar-refractivity contribution in [2.24, 2.45) is 7.05 Å². The van der Waals surface area contributed by atoms with E-state index in [2.05, 4.69) is 48.9 Å². The normalized spacial score (nSPS) is 18.1. The number of nitrogens with zero attached hydrogens (tertiary/aromatic N) is 4. The van der Waals surface area contributed by atoms with E-state index >= 15 is 0 Å². The monoisotopic (exact) mass is 521 g/mol. The van der Waals surface area contributed by atoms with Gasteiger partial charge in [-0.1, -0.05) is 41.9 Å². The Bertz CT molecular complexity index is 1170. The van der Waals surface area contributed by atoms with Crippen LogP contribution in [0, 0.1) is 0 Å². The number of benzene rings is 2. The first-order valence-corrected chi connectivity index (χ1v) is 13.6. The summed E-state index contributed by atoms with van der Waals surface area (Å²) in [6, 6.07) is 16.1. The van der Waals surface area contributed by atoms with Crippen molar-refractivity contribution in [2.45, 2.75) is 50.9 Å². The number of halogens is 1. The van der Waals surface area contributed by atoms with Crippen LogP contribution in [-0.2, 0) is 20.1 Å². The lowest BCUT2D eigenvalue weighted by Gasteiger charge is -2.32. The average molecular weight is 522 g/mol. The van der Waals surface area contributed by atoms with Crippen molar-refractivity contribution in [2.75, 3.05) is 26.2 Å². The van der Waals surface area contributed by atoms with Gasteiger partial charge in [0, 0.05) is 64.1 Å². The molecule has 8 heteroatoms. The van der Waals surface area contributed by atoms with Gasteiger partial charge >= 0.3 is 0 Å². The number of hydrogen-bond donors (Lipinski definition) is 1. The van der Waals surface area contributed by atoms with Crippen LogP contribution in [0.3, 0.4) is 0 Å². The molecule has 2 aliphatic rings. The fraction of sp³-hybridized carbons (Fsp3) is 0.448. The largest absolute Gasteiger partial charge is 0.489 e. The summed E-state index contributed by atoms with van der Waals surface area (Å²) in [6.45, 7) is 5.76. The zero-order chi connectivity index (χ0) is 25.6. The topological polar surface area (TPSA) is 62.6 Å². The number of rotatable bonds is 8. The zero-order valence-corrected chi connectivity index (χ0v) is 22.2. The fourth-order valence-electron chi connectivity index (χ4n) is 5.21. The van der Waals surface area contributed by atoms with Crippen molar-refractivity contribution < 1.29 is 9.53 Å². The molecule has 3 aromatic rings. The van der Waals surface area contributed by atoms with Crippen LogP contribution in [-0.4, -0.2) is 63.6 Å². The molecule has 0 saturated carbocycles. The summed E-state index contributed by atoms with van der Waals surface area (Å²) in [6.07, 6.45) is 7.68. The number of piperidine rings is 2. The van der Waals surface area contributed by atoms with E-state index in [4.69, 9.17) is 16.3 Å². The Hall–Kier alpha value is -2.87. The predicted molar refractivity (Wildman–Crippen MR) is 146 cm³/mol. The molecule has 7 nitrogen and oxygen atoms in total. The van der Waals surface area contributed by atoms with Crippen molar-refractivity contribution in [1.29, 1.82) is 0 Å². The number of aryl methyl sites for hydroxylation is 1. The number of likely N-dealkylation sites (tertiary alicyclic amines) is 2. The van der Waals surface area contributed by atoms with Gasteiger partial charge in [-0.3, -0.25) is 14.6 Å². The number of carbonyl (C=O) groups excluding carboxylic acids is 1. The van der Waals surface area contributed by atoms with Gasteiger partial charge in [0.2, 0.25) is 0 Å². The third-order valence-corrected chi connectivity index (χ3v) is 7.79. The number of hydrogen-bond acceptors (Lipinski definition) is 5. The van der Waals surface area contributed by atoms with Gasteiger partial charge in [-0.25, -0.2) is 4.98 Å². The second kappa shape index (κ2) is 12.1. The molecule has 37 heavy (non-hydrogen) atoms. The number of carbonyl (C=O) groups is 1. The summed E-state index contributed by atoms with van der Waals surface area (Å²) in [5.41, 5.74) is 3.13. The van der Waals surface area contributed by atoms with Gasteiger partial charge < -0.3 is 14.6 Å². The van der Waals surface area contributed by atoms with Crippen molar-refractivity contribution in [3.8, 4) is 5.75 Å². The van der Waals surface area contributed by atoms with E-state index in [1.807, 2.05) is 37.8 Å². The van der Waals surface area contributed by atoms with Gasteiger partial charge in [0.1, 0.15) is 11.9 Å². The Morgan fingerprint density at radius 2 is 1.70 bits per heavy atom. The lowest BCUT2D eigenvalue weighted by molar-refractivity contribution is 0.0908. The maximum atomic E-state index is 12.9. The van der Waals surface area contributed by atoms with Crippen molar-refractivity contribution >= 4 is 17.5 Å². The molecule has 2 saturated heterocycles. The van der Waals surface area contributed by atoms with Crippen LogP contribution in [0.2, 0.25) is 5.02 Å². The molecular formula is C29H36ClN5O2. The van der Waals surface area contributed by atoms with E-state index in [0.29, 0.717) is 16.3 Å². The zero-order valence-electron chi connectivity index (χ0n) is 21.5. The summed E-state index contributed by atoms with van der Waals surface area (Å²) in [5.74, 6) is 0.580. The summed E-state index contributed by atoms with van der Waals surface area (Å²) in [4.78, 5) is 22.0. The summed E-state index contributed by atoms with van der Waals surface area (Å²) < 4.78 is 8.29. The Morgan fingerprint density at radius 3 is 2.38 bits per heavy atom. The molecule has 1 amide bonds. The van der Waals surface area contributed by atoms with Crippen LogP contribution < -0.4 is 10.1 Å². The molecule has 196 valence electrons. The second-order valence-corrected chi connectivity index (χ2v) is 10.7. The summed E-state index contributed by atoms with van der Waals surface area (Å²) in [5, 5.41) is 3.69. The maximum absolute atomic E-state index is 12.9. The highest BCUT2D eigenvalue weighted by Gasteiger charge is 2.24. The Labute approximate surface area is 224 Å². The molecular weight excluding hydrogens is 486 g/mol. The molecule has 3 heterocycles. The smallest absolute Gasteiger partial charge is 0.251 e. The van der Waals surface area contributed by atoms with E-state index in [-0.39, 0.29) is 18.1 Å². The fourth-order valence-corrected chi connectivity index (χ4v) is 5.44. The standard InChI is InChI=1S/C29H36ClN5O2/c1-33-21-31-18-25(33)20-35-15-11-26(12-16-35)37-28-8-7-23(17-27(28)30)29(36)32-24-9-13-34(14-10-24)19-22-5-3-2-4-6-22/h2-8,17-18,21,24,26H,9-16,19-20H2,1H3,(H,32,36). The first kappa shape index (κ1) is 25.8. The molecule has 1 aromatic heterocycles. The Balaban J connectivity index is 1.06. The Morgan fingerprint density at radius 1 is 1.00 bits per heavy atom. The van der Waals surface area contributed by atoms with Crippen LogP contribution in [0.4, 0.5) is 0 Å². The van der Waals surface area contributed by atoms with Crippen molar-refractivity contribution in [3.05, 3.63) is 82.9 Å². The van der Waals surface area contributed by atoms with E-state index in [1.54, 1.807) is 6.07 Å². The molecule has 2 fully saturated rings. The highest BCUT2D eigenvalue weighted by Crippen LogP contribution is 2.29. The van der Waals surface area contributed by atoms with Gasteiger partial charge in [-0.15, -0.1) is 0 Å². The lowest BCUT2D eigenvalue weighted by Crippen LogP contribution is -2.44. The van der Waals surface area contributed by atoms with Gasteiger partial charge in [0.05, 0.1) is 17.0 Å². The quantitative estimate of drug-likeness (QED) is 0.472. The van der Waals surface area contributed by atoms with Crippen LogP contribution in [0.1, 0.15) is 47.3 Å². The van der Waals surface area contributed by atoms with E-state index < -0.39 is 0 Å². The van der Waals surface area contributed by atoms with Crippen molar-refractivity contribution in [3.63, 3.8) is 0 Å². The maximum Gasteiger partial charge on any atom is 0.251 e. The molecule has 5 rings (SSSR count). The number of amides is 1. The van der Waals surface area contributed by atoms with Crippen LogP contribution in [0.15, 0.2) is 61.1 Å². The first-order valence-electron chi connectivity index (χ1n) is 13.2. The second-order valence-electron chi connectivity index (χ2n) is 10.2. The van der Waals surface area contributed by atoms with Gasteiger partial charge in [0.25, 0.3) is 5.91 Å². The molecule has 0 atom stereocenters. The molecule has 0 spiro atoms. The predicted octanol–water partition coefficient (Wildman–Crippen LogP) is 4.51. The number of imidazole rings is 1. The van der Waals surface area contributed by atoms with Gasteiger partial charge in [0.15, 0.2) is 0 Å².